The summed E-state index contributed by atoms with van der Waals surface area (Å²) in [7, 11) is 0.314. The average molecular weight is 380 g/mol. The molecule has 0 amide bonds. The van der Waals surface area contributed by atoms with E-state index in [9.17, 15) is 8.42 Å². The molecule has 0 atom stereocenters. The zero-order valence-corrected chi connectivity index (χ0v) is 16.5. The molecular weight excluding hydrogens is 350 g/mol. The highest BCUT2D eigenvalue weighted by Gasteiger charge is 2.29. The summed E-state index contributed by atoms with van der Waals surface area (Å²) in [6.07, 6.45) is 2.35. The van der Waals surface area contributed by atoms with Crippen molar-refractivity contribution in [3.8, 4) is 0 Å². The van der Waals surface area contributed by atoms with Crippen LogP contribution in [0.2, 0.25) is 0 Å². The van der Waals surface area contributed by atoms with Crippen molar-refractivity contribution >= 4 is 16.0 Å². The van der Waals surface area contributed by atoms with E-state index in [2.05, 4.69) is 20.1 Å². The zero-order valence-electron chi connectivity index (χ0n) is 15.7. The van der Waals surface area contributed by atoms with Gasteiger partial charge in [0.05, 0.1) is 4.90 Å². The smallest absolute Gasteiger partial charge is 0.243 e. The first-order chi connectivity index (χ1) is 12.5. The van der Waals surface area contributed by atoms with Crippen molar-refractivity contribution in [3.05, 3.63) is 29.8 Å². The monoisotopic (exact) mass is 379 g/mol. The quantitative estimate of drug-likeness (QED) is 0.619. The van der Waals surface area contributed by atoms with Crippen LogP contribution in [0.15, 0.2) is 34.2 Å². The van der Waals surface area contributed by atoms with Crippen LogP contribution < -0.4 is 5.32 Å². The molecule has 0 saturated carbocycles. The molecule has 0 bridgehead atoms. The molecule has 0 unspecified atom stereocenters. The van der Waals surface area contributed by atoms with E-state index in [1.807, 2.05) is 19.2 Å². The van der Waals surface area contributed by atoms with E-state index in [0.717, 1.165) is 37.7 Å². The number of rotatable bonds is 4. The Kier molecular flexibility index (Phi) is 6.16. The summed E-state index contributed by atoms with van der Waals surface area (Å²) in [6, 6.07) is 7.27. The van der Waals surface area contributed by atoms with Gasteiger partial charge >= 0.3 is 0 Å². The maximum absolute atomic E-state index is 13.1. The van der Waals surface area contributed by atoms with Crippen molar-refractivity contribution < 1.29 is 8.42 Å². The fourth-order valence-corrected chi connectivity index (χ4v) is 5.15. The molecule has 1 aromatic rings. The molecule has 0 spiro atoms. The van der Waals surface area contributed by atoms with Gasteiger partial charge in [0.2, 0.25) is 10.0 Å². The maximum atomic E-state index is 13.1. The maximum Gasteiger partial charge on any atom is 0.243 e. The largest absolute Gasteiger partial charge is 0.352 e. The fraction of sp³-hybridized carbons (Fsp3) is 0.611. The summed E-state index contributed by atoms with van der Waals surface area (Å²) in [5.41, 5.74) is 0.784. The van der Waals surface area contributed by atoms with Gasteiger partial charge in [0.1, 0.15) is 0 Å². The third-order valence-corrected chi connectivity index (χ3v) is 7.11. The lowest BCUT2D eigenvalue weighted by atomic mass is 10.2. The number of likely N-dealkylation sites (N-methyl/N-ethyl adjacent to an activating group) is 1. The minimum absolute atomic E-state index is 0.397. The van der Waals surface area contributed by atoms with E-state index in [1.165, 1.54) is 12.8 Å². The second-order valence-corrected chi connectivity index (χ2v) is 8.82. The zero-order chi connectivity index (χ0) is 18.6. The Hall–Kier alpha value is -1.64. The van der Waals surface area contributed by atoms with E-state index >= 15 is 0 Å². The second kappa shape index (κ2) is 8.37. The lowest BCUT2D eigenvalue weighted by Gasteiger charge is -2.32. The molecule has 144 valence electrons. The van der Waals surface area contributed by atoms with Crippen LogP contribution in [0.1, 0.15) is 18.4 Å². The van der Waals surface area contributed by atoms with E-state index in [4.69, 9.17) is 0 Å². The number of piperazine rings is 1. The normalized spacial score (nSPS) is 20.5. The summed E-state index contributed by atoms with van der Waals surface area (Å²) in [4.78, 5) is 9.11. The Morgan fingerprint density at radius 1 is 1.08 bits per heavy atom. The van der Waals surface area contributed by atoms with E-state index in [1.54, 1.807) is 23.5 Å². The second-order valence-electron chi connectivity index (χ2n) is 6.91. The molecular formula is C18H29N5O2S. The van der Waals surface area contributed by atoms with Crippen molar-refractivity contribution in [2.45, 2.75) is 24.3 Å². The van der Waals surface area contributed by atoms with Crippen molar-refractivity contribution in [1.29, 1.82) is 0 Å². The summed E-state index contributed by atoms with van der Waals surface area (Å²) >= 11 is 0. The molecule has 3 rings (SSSR count). The minimum Gasteiger partial charge on any atom is -0.352 e. The Morgan fingerprint density at radius 2 is 1.73 bits per heavy atom. The van der Waals surface area contributed by atoms with E-state index in [-0.39, 0.29) is 0 Å². The first kappa shape index (κ1) is 19.1. The highest BCUT2D eigenvalue weighted by Crippen LogP contribution is 2.21. The molecule has 1 N–H and O–H groups in total. The first-order valence-corrected chi connectivity index (χ1v) is 10.7. The highest BCUT2D eigenvalue weighted by molar-refractivity contribution is 7.89. The highest BCUT2D eigenvalue weighted by atomic mass is 32.2. The van der Waals surface area contributed by atoms with Gasteiger partial charge in [-0.15, -0.1) is 0 Å². The van der Waals surface area contributed by atoms with Crippen LogP contribution in [0.4, 0.5) is 0 Å². The number of nitrogens with zero attached hydrogens (tertiary/aromatic N) is 4. The third kappa shape index (κ3) is 4.19. The Morgan fingerprint density at radius 3 is 2.38 bits per heavy atom. The van der Waals surface area contributed by atoms with Crippen molar-refractivity contribution in [2.75, 3.05) is 53.4 Å². The van der Waals surface area contributed by atoms with Crippen LogP contribution in [0.25, 0.3) is 0 Å². The number of nitrogens with one attached hydrogen (secondary N) is 1. The number of sulfonamides is 1. The Balaban J connectivity index is 1.75. The van der Waals surface area contributed by atoms with Gasteiger partial charge in [-0.1, -0.05) is 18.2 Å². The number of hydrogen-bond donors (Lipinski definition) is 1. The van der Waals surface area contributed by atoms with Crippen LogP contribution in [0.5, 0.6) is 0 Å². The molecule has 26 heavy (non-hydrogen) atoms. The lowest BCUT2D eigenvalue weighted by molar-refractivity contribution is 0.222. The van der Waals surface area contributed by atoms with Gasteiger partial charge in [-0.25, -0.2) is 8.42 Å². The van der Waals surface area contributed by atoms with Crippen molar-refractivity contribution in [1.82, 2.24) is 19.4 Å². The number of guanidine groups is 1. The Bertz CT molecular complexity index is 736. The molecule has 0 aliphatic carbocycles. The molecule has 1 aromatic carbocycles. The lowest BCUT2D eigenvalue weighted by Crippen LogP contribution is -2.47. The standard InChI is InChI=1S/C18H29N5O2S/c1-19-18(22-9-5-6-10-22)20-15-16-7-3-4-8-17(16)26(24,25)23-13-11-21(2)12-14-23/h3-4,7-8H,5-6,9-15H2,1-2H3,(H,19,20). The van der Waals surface area contributed by atoms with Crippen LogP contribution in [-0.4, -0.2) is 81.8 Å². The third-order valence-electron chi connectivity index (χ3n) is 5.11. The predicted molar refractivity (Wildman–Crippen MR) is 104 cm³/mol. The van der Waals surface area contributed by atoms with Gasteiger partial charge in [0, 0.05) is 52.9 Å². The topological polar surface area (TPSA) is 68.2 Å². The minimum atomic E-state index is -3.48. The average Bonchev–Trinajstić information content (AvgIpc) is 3.17. The van der Waals surface area contributed by atoms with Gasteiger partial charge in [-0.3, -0.25) is 4.99 Å². The summed E-state index contributed by atoms with van der Waals surface area (Å²) in [5.74, 6) is 0.842. The summed E-state index contributed by atoms with van der Waals surface area (Å²) in [6.45, 7) is 5.06. The van der Waals surface area contributed by atoms with Gasteiger partial charge in [0.15, 0.2) is 5.96 Å². The molecule has 2 aliphatic rings. The van der Waals surface area contributed by atoms with Crippen molar-refractivity contribution in [2.24, 2.45) is 4.99 Å². The molecule has 2 saturated heterocycles. The molecule has 2 aliphatic heterocycles. The molecule has 0 radical (unpaired) electrons. The van der Waals surface area contributed by atoms with Crippen LogP contribution >= 0.6 is 0 Å². The Labute approximate surface area is 156 Å². The summed E-state index contributed by atoms with van der Waals surface area (Å²) < 4.78 is 27.8. The van der Waals surface area contributed by atoms with Gasteiger partial charge in [0.25, 0.3) is 0 Å². The van der Waals surface area contributed by atoms with Crippen LogP contribution in [0.3, 0.4) is 0 Å². The van der Waals surface area contributed by atoms with Gasteiger partial charge in [-0.05, 0) is 31.5 Å². The number of hydrogen-bond acceptors (Lipinski definition) is 4. The molecule has 7 nitrogen and oxygen atoms in total. The van der Waals surface area contributed by atoms with Gasteiger partial charge < -0.3 is 15.1 Å². The van der Waals surface area contributed by atoms with E-state index in [0.29, 0.717) is 24.5 Å². The number of benzene rings is 1. The predicted octanol–water partition coefficient (Wildman–Crippen LogP) is 0.794. The molecule has 0 aromatic heterocycles. The first-order valence-electron chi connectivity index (χ1n) is 9.24. The SMILES string of the molecule is CN=C(NCc1ccccc1S(=O)(=O)N1CCN(C)CC1)N1CCCC1. The van der Waals surface area contributed by atoms with Crippen LogP contribution in [-0.2, 0) is 16.6 Å². The number of likely N-dealkylation sites (tertiary alicyclic amines) is 1. The van der Waals surface area contributed by atoms with Crippen LogP contribution in [0, 0.1) is 0 Å². The number of aliphatic imine (C=N–C) groups is 1. The molecule has 8 heteroatoms. The van der Waals surface area contributed by atoms with E-state index < -0.39 is 10.0 Å². The molecule has 2 heterocycles. The molecule has 2 fully saturated rings. The van der Waals surface area contributed by atoms with Gasteiger partial charge in [-0.2, -0.15) is 4.31 Å². The van der Waals surface area contributed by atoms with Crippen molar-refractivity contribution in [3.63, 3.8) is 0 Å². The summed E-state index contributed by atoms with van der Waals surface area (Å²) in [5, 5.41) is 3.33. The fourth-order valence-electron chi connectivity index (χ4n) is 3.50.